The fourth-order valence-corrected chi connectivity index (χ4v) is 1.33. The van der Waals surface area contributed by atoms with Crippen LogP contribution in [0.1, 0.15) is 40.0 Å². The molecule has 0 saturated carbocycles. The van der Waals surface area contributed by atoms with E-state index in [1.807, 2.05) is 5.32 Å². The molecular weight excluding hydrogens is 296 g/mol. The Morgan fingerprint density at radius 1 is 1.27 bits per heavy atom. The number of phenols is 1. The second-order valence-corrected chi connectivity index (χ2v) is 4.79. The van der Waals surface area contributed by atoms with E-state index in [-0.39, 0.29) is 12.8 Å². The lowest BCUT2D eigenvalue weighted by molar-refractivity contribution is -0.141. The van der Waals surface area contributed by atoms with E-state index in [2.05, 4.69) is 13.8 Å². The minimum Gasteiger partial charge on any atom is -0.505 e. The summed E-state index contributed by atoms with van der Waals surface area (Å²) in [6.07, 6.45) is 1.10. The lowest BCUT2D eigenvalue weighted by Crippen LogP contribution is -2.17. The van der Waals surface area contributed by atoms with Gasteiger partial charge in [0.25, 0.3) is 0 Å². The topological polar surface area (TPSA) is 86.6 Å². The predicted molar refractivity (Wildman–Crippen MR) is 78.7 cm³/mol. The van der Waals surface area contributed by atoms with Gasteiger partial charge in [-0.15, -0.1) is 0 Å². The number of aliphatic carboxylic acids is 1. The molecule has 5 nitrogen and oxygen atoms in total. The lowest BCUT2D eigenvalue weighted by Gasteiger charge is -2.09. The van der Waals surface area contributed by atoms with E-state index in [1.165, 1.54) is 13.3 Å². The largest absolute Gasteiger partial charge is 0.505 e. The van der Waals surface area contributed by atoms with Crippen molar-refractivity contribution in [3.63, 3.8) is 0 Å². The molecule has 0 aromatic heterocycles. The van der Waals surface area contributed by atoms with Gasteiger partial charge < -0.3 is 15.5 Å². The molecule has 0 fully saturated rings. The Hall–Kier alpha value is -2.18. The van der Waals surface area contributed by atoms with Crippen molar-refractivity contribution >= 4 is 17.6 Å². The molecule has 1 rings (SSSR count). The van der Waals surface area contributed by atoms with Crippen molar-refractivity contribution in [3.05, 3.63) is 23.8 Å². The molecule has 7 heteroatoms. The lowest BCUT2D eigenvalue weighted by atomic mass is 10.1. The summed E-state index contributed by atoms with van der Waals surface area (Å²) >= 11 is 0. The van der Waals surface area contributed by atoms with E-state index in [9.17, 15) is 18.4 Å². The summed E-state index contributed by atoms with van der Waals surface area (Å²) in [6.45, 7) is 5.67. The first-order valence-corrected chi connectivity index (χ1v) is 6.94. The summed E-state index contributed by atoms with van der Waals surface area (Å²) in [6, 6.07) is 1.64. The zero-order valence-electron chi connectivity index (χ0n) is 12.8. The van der Waals surface area contributed by atoms with Gasteiger partial charge in [0.1, 0.15) is 11.5 Å². The molecule has 0 aliphatic heterocycles. The maximum Gasteiger partial charge on any atom is 0.306 e. The van der Waals surface area contributed by atoms with E-state index in [0.717, 1.165) is 12.1 Å². The number of nitrogens with one attached hydrogen (secondary N) is 1. The second kappa shape index (κ2) is 9.70. The van der Waals surface area contributed by atoms with Crippen LogP contribution in [0.3, 0.4) is 0 Å². The molecule has 0 aliphatic rings. The molecule has 1 atom stereocenters. The van der Waals surface area contributed by atoms with Gasteiger partial charge in [-0.1, -0.05) is 27.2 Å². The van der Waals surface area contributed by atoms with Gasteiger partial charge in [-0.2, -0.15) is 0 Å². The summed E-state index contributed by atoms with van der Waals surface area (Å²) in [4.78, 5) is 22.0. The van der Waals surface area contributed by atoms with Crippen LogP contribution >= 0.6 is 0 Å². The number of benzene rings is 1. The number of carbonyl (C=O) groups is 2. The molecule has 0 heterocycles. The molecular formula is C15H21F2NO4. The van der Waals surface area contributed by atoms with Gasteiger partial charge >= 0.3 is 5.97 Å². The van der Waals surface area contributed by atoms with Crippen molar-refractivity contribution in [2.24, 2.45) is 5.92 Å². The maximum absolute atomic E-state index is 13.4. The Morgan fingerprint density at radius 3 is 2.32 bits per heavy atom. The fourth-order valence-electron chi connectivity index (χ4n) is 1.33. The Morgan fingerprint density at radius 2 is 1.82 bits per heavy atom. The Bertz CT molecular complexity index is 521. The Labute approximate surface area is 128 Å². The first-order chi connectivity index (χ1) is 10.2. The van der Waals surface area contributed by atoms with E-state index in [4.69, 9.17) is 10.2 Å². The van der Waals surface area contributed by atoms with Crippen molar-refractivity contribution in [3.8, 4) is 5.75 Å². The number of amides is 1. The highest BCUT2D eigenvalue weighted by Crippen LogP contribution is 2.26. The molecule has 0 aliphatic carbocycles. The summed E-state index contributed by atoms with van der Waals surface area (Å²) in [5.74, 6) is -5.58. The van der Waals surface area contributed by atoms with E-state index >= 15 is 0 Å². The molecule has 1 aromatic carbocycles. The first-order valence-electron chi connectivity index (χ1n) is 6.94. The smallest absolute Gasteiger partial charge is 0.306 e. The number of carbonyl (C=O) groups excluding carboxylic acids is 1. The molecule has 1 aromatic rings. The van der Waals surface area contributed by atoms with Crippen LogP contribution in [0.4, 0.5) is 14.5 Å². The van der Waals surface area contributed by atoms with Gasteiger partial charge in [-0.25, -0.2) is 8.78 Å². The van der Waals surface area contributed by atoms with Crippen molar-refractivity contribution in [1.82, 2.24) is 0 Å². The third kappa shape index (κ3) is 6.51. The molecule has 1 amide bonds. The number of rotatable bonds is 5. The van der Waals surface area contributed by atoms with Gasteiger partial charge in [-0.05, 0) is 18.6 Å². The van der Waals surface area contributed by atoms with Gasteiger partial charge in [0.05, 0.1) is 5.92 Å². The standard InChI is InChI=1S/C12H13F2NO4.C3H8/c1-6(12(18)19)2-5-9(17)15-11-7(13)3-4-8(16)10(11)14;1-3-2/h3-4,6,16H,2,5H2,1H3,(H,15,17)(H,18,19);3H2,1-2H3. The quantitative estimate of drug-likeness (QED) is 0.775. The number of carboxylic acids is 1. The monoisotopic (exact) mass is 317 g/mol. The van der Waals surface area contributed by atoms with Crippen molar-refractivity contribution < 1.29 is 28.6 Å². The number of aromatic hydroxyl groups is 1. The molecule has 0 spiro atoms. The van der Waals surface area contributed by atoms with Crippen LogP contribution in [0.15, 0.2) is 12.1 Å². The Kier molecular flexibility index (Phi) is 8.74. The maximum atomic E-state index is 13.4. The van der Waals surface area contributed by atoms with Gasteiger partial charge in [-0.3, -0.25) is 9.59 Å². The van der Waals surface area contributed by atoms with Crippen LogP contribution in [0, 0.1) is 17.6 Å². The van der Waals surface area contributed by atoms with Crippen LogP contribution in [-0.4, -0.2) is 22.1 Å². The minimum absolute atomic E-state index is 0.0449. The minimum atomic E-state index is -1.26. The number of hydrogen-bond acceptors (Lipinski definition) is 3. The van der Waals surface area contributed by atoms with Crippen LogP contribution in [0.5, 0.6) is 5.75 Å². The average molecular weight is 317 g/mol. The highest BCUT2D eigenvalue weighted by Gasteiger charge is 2.17. The van der Waals surface area contributed by atoms with Gasteiger partial charge in [0, 0.05) is 6.42 Å². The highest BCUT2D eigenvalue weighted by atomic mass is 19.1. The molecule has 0 radical (unpaired) electrons. The molecule has 1 unspecified atom stereocenters. The van der Waals surface area contributed by atoms with Crippen molar-refractivity contribution in [1.29, 1.82) is 0 Å². The van der Waals surface area contributed by atoms with Crippen LogP contribution in [0.25, 0.3) is 0 Å². The zero-order valence-corrected chi connectivity index (χ0v) is 12.8. The van der Waals surface area contributed by atoms with Crippen LogP contribution in [0.2, 0.25) is 0 Å². The van der Waals surface area contributed by atoms with Crippen molar-refractivity contribution in [2.45, 2.75) is 40.0 Å². The first kappa shape index (κ1) is 19.8. The zero-order chi connectivity index (χ0) is 17.3. The molecule has 3 N–H and O–H groups in total. The third-order valence-corrected chi connectivity index (χ3v) is 2.56. The number of hydrogen-bond donors (Lipinski definition) is 3. The summed E-state index contributed by atoms with van der Waals surface area (Å²) < 4.78 is 26.6. The summed E-state index contributed by atoms with van der Waals surface area (Å²) in [5.41, 5.74) is -0.743. The van der Waals surface area contributed by atoms with Crippen molar-refractivity contribution in [2.75, 3.05) is 5.32 Å². The number of carboxylic acid groups (broad SMARTS) is 1. The van der Waals surface area contributed by atoms with Gasteiger partial charge in [0.15, 0.2) is 11.6 Å². The molecule has 0 saturated heterocycles. The van der Waals surface area contributed by atoms with Crippen LogP contribution in [-0.2, 0) is 9.59 Å². The summed E-state index contributed by atoms with van der Waals surface area (Å²) in [5, 5.41) is 19.7. The number of phenolic OH excluding ortho intramolecular Hbond substituents is 1. The molecule has 0 bridgehead atoms. The summed E-state index contributed by atoms with van der Waals surface area (Å²) in [7, 11) is 0. The Balaban J connectivity index is 0.00000135. The third-order valence-electron chi connectivity index (χ3n) is 2.56. The number of anilines is 1. The fraction of sp³-hybridized carbons (Fsp3) is 0.467. The van der Waals surface area contributed by atoms with Crippen LogP contribution < -0.4 is 5.32 Å². The molecule has 22 heavy (non-hydrogen) atoms. The van der Waals surface area contributed by atoms with E-state index < -0.39 is 40.9 Å². The number of halogens is 2. The predicted octanol–water partition coefficient (Wildman–Crippen LogP) is 3.53. The van der Waals surface area contributed by atoms with E-state index in [0.29, 0.717) is 0 Å². The highest BCUT2D eigenvalue weighted by molar-refractivity contribution is 5.91. The average Bonchev–Trinajstić information content (AvgIpc) is 2.45. The normalized spacial score (nSPS) is 11.1. The second-order valence-electron chi connectivity index (χ2n) is 4.79. The SMILES string of the molecule is CC(CCC(=O)Nc1c(F)ccc(O)c1F)C(=O)O.CCC. The molecule has 124 valence electrons. The van der Waals surface area contributed by atoms with Gasteiger partial charge in [0.2, 0.25) is 5.91 Å². The van der Waals surface area contributed by atoms with E-state index in [1.54, 1.807) is 0 Å².